The molecule has 0 N–H and O–H groups in total. The van der Waals surface area contributed by atoms with E-state index in [0.29, 0.717) is 5.56 Å². The van der Waals surface area contributed by atoms with Crippen LogP contribution in [0.15, 0.2) is 66.9 Å². The monoisotopic (exact) mass is 604 g/mol. The molecule has 0 saturated heterocycles. The number of pyridine rings is 1. The van der Waals surface area contributed by atoms with E-state index in [1.54, 1.807) is 0 Å². The van der Waals surface area contributed by atoms with Crippen molar-refractivity contribution < 1.29 is 20.1 Å². The Bertz CT molecular complexity index is 1530. The molecule has 0 spiro atoms. The van der Waals surface area contributed by atoms with Crippen molar-refractivity contribution in [1.82, 2.24) is 4.98 Å². The molecule has 0 bridgehead atoms. The molecule has 1 heterocycles. The average molecular weight is 604 g/mol. The van der Waals surface area contributed by atoms with Gasteiger partial charge in [-0.3, -0.25) is 0 Å². The molecule has 163 valence electrons. The van der Waals surface area contributed by atoms with Crippen molar-refractivity contribution in [2.75, 3.05) is 0 Å². The zero-order chi connectivity index (χ0) is 22.4. The Morgan fingerprint density at radius 3 is 2.21 bits per heavy atom. The van der Waals surface area contributed by atoms with Gasteiger partial charge in [-0.25, -0.2) is 0 Å². The first-order chi connectivity index (χ1) is 15.4. The fourth-order valence-corrected chi connectivity index (χ4v) is 4.87. The van der Waals surface area contributed by atoms with Crippen LogP contribution in [0.4, 0.5) is 0 Å². The fraction of sp³-hybridized carbons (Fsp3) is 0.133. The zero-order valence-corrected chi connectivity index (χ0v) is 21.5. The summed E-state index contributed by atoms with van der Waals surface area (Å²) in [5.74, 6) is 0. The molecule has 5 aromatic rings. The van der Waals surface area contributed by atoms with Crippen LogP contribution in [-0.4, -0.2) is 4.98 Å². The largest absolute Gasteiger partial charge is 0.304 e. The third kappa shape index (κ3) is 4.09. The SMILES string of the molecule is Cc1[c-]c(-c2nccc3c2ccc2cc(-c4c(C)cc(C#N)cc4C)ccc23)cc(C)c1.[Ir]. The molecule has 0 saturated carbocycles. The first-order valence-corrected chi connectivity index (χ1v) is 10.8. The summed E-state index contributed by atoms with van der Waals surface area (Å²) in [7, 11) is 0. The summed E-state index contributed by atoms with van der Waals surface area (Å²) in [5.41, 5.74) is 9.67. The van der Waals surface area contributed by atoms with Crippen molar-refractivity contribution in [3.63, 3.8) is 0 Å². The van der Waals surface area contributed by atoms with Gasteiger partial charge in [0.05, 0.1) is 11.6 Å². The van der Waals surface area contributed by atoms with Crippen LogP contribution < -0.4 is 0 Å². The molecule has 2 nitrogen and oxygen atoms in total. The van der Waals surface area contributed by atoms with Crippen LogP contribution in [0, 0.1) is 45.1 Å². The summed E-state index contributed by atoms with van der Waals surface area (Å²) in [6.45, 7) is 8.34. The predicted octanol–water partition coefficient (Wildman–Crippen LogP) is 7.63. The van der Waals surface area contributed by atoms with Crippen molar-refractivity contribution >= 4 is 21.5 Å². The van der Waals surface area contributed by atoms with Crippen LogP contribution in [0.3, 0.4) is 0 Å². The summed E-state index contributed by atoms with van der Waals surface area (Å²) in [6, 6.07) is 27.0. The van der Waals surface area contributed by atoms with Gasteiger partial charge < -0.3 is 4.98 Å². The summed E-state index contributed by atoms with van der Waals surface area (Å²) in [5, 5.41) is 14.0. The van der Waals surface area contributed by atoms with Gasteiger partial charge in [0, 0.05) is 26.3 Å². The summed E-state index contributed by atoms with van der Waals surface area (Å²) in [6.07, 6.45) is 1.89. The zero-order valence-electron chi connectivity index (χ0n) is 19.1. The number of rotatable bonds is 2. The molecule has 0 aliphatic carbocycles. The van der Waals surface area contributed by atoms with Crippen molar-refractivity contribution in [1.29, 1.82) is 5.26 Å². The molecular weight excluding hydrogens is 581 g/mol. The molecule has 1 aromatic heterocycles. The maximum absolute atomic E-state index is 9.27. The number of hydrogen-bond donors (Lipinski definition) is 0. The number of aromatic nitrogens is 1. The van der Waals surface area contributed by atoms with E-state index in [1.165, 1.54) is 32.8 Å². The Balaban J connectivity index is 0.00000259. The van der Waals surface area contributed by atoms with Gasteiger partial charge in [-0.15, -0.1) is 34.9 Å². The van der Waals surface area contributed by atoms with Crippen molar-refractivity contribution in [2.24, 2.45) is 0 Å². The van der Waals surface area contributed by atoms with Crippen LogP contribution in [0.1, 0.15) is 27.8 Å². The van der Waals surface area contributed by atoms with Gasteiger partial charge >= 0.3 is 0 Å². The Kier molecular flexibility index (Phi) is 6.17. The van der Waals surface area contributed by atoms with Crippen molar-refractivity contribution in [2.45, 2.75) is 27.7 Å². The third-order valence-electron chi connectivity index (χ3n) is 6.12. The number of nitrogens with zero attached hydrogens (tertiary/aromatic N) is 2. The minimum Gasteiger partial charge on any atom is -0.304 e. The predicted molar refractivity (Wildman–Crippen MR) is 133 cm³/mol. The summed E-state index contributed by atoms with van der Waals surface area (Å²) in [4.78, 5) is 4.71. The maximum Gasteiger partial charge on any atom is 0.0991 e. The average Bonchev–Trinajstić information content (AvgIpc) is 2.77. The standard InChI is InChI=1S/C30H23N2.Ir/c1-18-11-19(2)13-25(12-18)30-28-8-5-23-16-24(6-7-26(23)27(28)9-10-32-30)29-20(3)14-22(17-31)15-21(29)4;/h5-12,14-16H,1-4H3;/q-1;. The van der Waals surface area contributed by atoms with Gasteiger partial charge in [-0.05, 0) is 87.6 Å². The van der Waals surface area contributed by atoms with E-state index in [-0.39, 0.29) is 20.1 Å². The fourth-order valence-electron chi connectivity index (χ4n) is 4.87. The number of aryl methyl sites for hydroxylation is 4. The van der Waals surface area contributed by atoms with Gasteiger partial charge in [0.1, 0.15) is 0 Å². The molecule has 0 aliphatic heterocycles. The second kappa shape index (κ2) is 8.91. The van der Waals surface area contributed by atoms with Gasteiger partial charge in [0.25, 0.3) is 0 Å². The van der Waals surface area contributed by atoms with Gasteiger partial charge in [-0.1, -0.05) is 38.1 Å². The van der Waals surface area contributed by atoms with Crippen molar-refractivity contribution in [3.8, 4) is 28.5 Å². The third-order valence-corrected chi connectivity index (χ3v) is 6.12. The second-order valence-electron chi connectivity index (χ2n) is 8.61. The van der Waals surface area contributed by atoms with Crippen LogP contribution in [0.25, 0.3) is 43.9 Å². The quantitative estimate of drug-likeness (QED) is 0.154. The number of fused-ring (bicyclic) bond motifs is 3. The Morgan fingerprint density at radius 1 is 0.788 bits per heavy atom. The normalized spacial score (nSPS) is 10.8. The van der Waals surface area contributed by atoms with E-state index in [0.717, 1.165) is 33.3 Å². The number of benzene rings is 4. The minimum absolute atomic E-state index is 0. The smallest absolute Gasteiger partial charge is 0.0991 e. The van der Waals surface area contributed by atoms with Crippen LogP contribution in [0.5, 0.6) is 0 Å². The minimum atomic E-state index is 0. The number of nitriles is 1. The van der Waals surface area contributed by atoms with Crippen LogP contribution in [-0.2, 0) is 20.1 Å². The molecule has 0 atom stereocenters. The van der Waals surface area contributed by atoms with E-state index in [9.17, 15) is 5.26 Å². The molecule has 0 fully saturated rings. The molecule has 1 radical (unpaired) electrons. The molecular formula is C30H23IrN2-. The van der Waals surface area contributed by atoms with Crippen molar-refractivity contribution in [3.05, 3.63) is 101 Å². The first kappa shape index (κ1) is 22.9. The van der Waals surface area contributed by atoms with Gasteiger partial charge in [-0.2, -0.15) is 5.26 Å². The number of hydrogen-bond acceptors (Lipinski definition) is 2. The summed E-state index contributed by atoms with van der Waals surface area (Å²) >= 11 is 0. The first-order valence-electron chi connectivity index (χ1n) is 10.8. The molecule has 5 rings (SSSR count). The van der Waals surface area contributed by atoms with E-state index >= 15 is 0 Å². The van der Waals surface area contributed by atoms with Crippen LogP contribution >= 0.6 is 0 Å². The molecule has 0 amide bonds. The van der Waals surface area contributed by atoms with Crippen LogP contribution in [0.2, 0.25) is 0 Å². The Labute approximate surface area is 208 Å². The maximum atomic E-state index is 9.27. The molecule has 33 heavy (non-hydrogen) atoms. The van der Waals surface area contributed by atoms with E-state index < -0.39 is 0 Å². The topological polar surface area (TPSA) is 36.7 Å². The Hall–Kier alpha value is -3.31. The second-order valence-corrected chi connectivity index (χ2v) is 8.61. The molecule has 0 aliphatic rings. The summed E-state index contributed by atoms with van der Waals surface area (Å²) < 4.78 is 0. The van der Waals surface area contributed by atoms with Gasteiger partial charge in [0.2, 0.25) is 0 Å². The van der Waals surface area contributed by atoms with E-state index in [2.05, 4.69) is 88.4 Å². The van der Waals surface area contributed by atoms with E-state index in [1.807, 2.05) is 18.3 Å². The van der Waals surface area contributed by atoms with Gasteiger partial charge in [0.15, 0.2) is 0 Å². The molecule has 0 unspecified atom stereocenters. The molecule has 3 heteroatoms. The van der Waals surface area contributed by atoms with E-state index in [4.69, 9.17) is 4.98 Å². The Morgan fingerprint density at radius 2 is 1.52 bits per heavy atom. The molecule has 4 aromatic carbocycles.